The van der Waals surface area contributed by atoms with Crippen LogP contribution in [0.5, 0.6) is 0 Å². The highest BCUT2D eigenvalue weighted by Gasteiger charge is 2.70. The van der Waals surface area contributed by atoms with Crippen LogP contribution in [-0.2, 0) is 9.59 Å². The fraction of sp³-hybridized carbons (Fsp3) is 0.310. The van der Waals surface area contributed by atoms with Crippen molar-refractivity contribution in [2.24, 2.45) is 5.41 Å². The lowest BCUT2D eigenvalue weighted by molar-refractivity contribution is -0.540. The molecule has 36 heavy (non-hydrogen) atoms. The van der Waals surface area contributed by atoms with Gasteiger partial charge in [0.15, 0.2) is 0 Å². The van der Waals surface area contributed by atoms with Crippen molar-refractivity contribution in [1.82, 2.24) is 9.80 Å². The molecule has 0 aromatic heterocycles. The lowest BCUT2D eigenvalue weighted by Crippen LogP contribution is -2.65. The first-order valence-corrected chi connectivity index (χ1v) is 12.3. The van der Waals surface area contributed by atoms with E-state index < -0.39 is 23.4 Å². The molecule has 3 heterocycles. The van der Waals surface area contributed by atoms with Gasteiger partial charge in [0.05, 0.1) is 5.92 Å². The Balaban J connectivity index is 1.60. The Morgan fingerprint density at radius 1 is 0.833 bits per heavy atom. The van der Waals surface area contributed by atoms with Gasteiger partial charge >= 0.3 is 0 Å². The highest BCUT2D eigenvalue weighted by atomic mass is 16.6. The van der Waals surface area contributed by atoms with E-state index in [1.54, 1.807) is 16.8 Å². The molecular formula is C29H27N3O4. The molecule has 7 nitrogen and oxygen atoms in total. The number of nitro groups is 1. The molecule has 5 atom stereocenters. The van der Waals surface area contributed by atoms with Crippen LogP contribution in [0.3, 0.4) is 0 Å². The summed E-state index contributed by atoms with van der Waals surface area (Å²) in [5.41, 5.74) is 2.02. The summed E-state index contributed by atoms with van der Waals surface area (Å²) >= 11 is 0. The van der Waals surface area contributed by atoms with Crippen LogP contribution in [0.4, 0.5) is 0 Å². The van der Waals surface area contributed by atoms with Crippen molar-refractivity contribution in [3.63, 3.8) is 0 Å². The first-order chi connectivity index (χ1) is 17.4. The van der Waals surface area contributed by atoms with Gasteiger partial charge in [0.2, 0.25) is 17.9 Å². The Morgan fingerprint density at radius 2 is 1.42 bits per heavy atom. The average molecular weight is 482 g/mol. The van der Waals surface area contributed by atoms with Crippen molar-refractivity contribution in [3.05, 3.63) is 117 Å². The molecule has 2 saturated heterocycles. The fourth-order valence-electron chi connectivity index (χ4n) is 6.84. The van der Waals surface area contributed by atoms with Crippen LogP contribution in [-0.4, -0.2) is 52.7 Å². The van der Waals surface area contributed by atoms with E-state index in [9.17, 15) is 19.7 Å². The van der Waals surface area contributed by atoms with Crippen LogP contribution >= 0.6 is 0 Å². The highest BCUT2D eigenvalue weighted by Crippen LogP contribution is 2.58. The van der Waals surface area contributed by atoms with Crippen molar-refractivity contribution >= 4 is 11.8 Å². The number of hydrogen-bond acceptors (Lipinski definition) is 4. The molecule has 0 unspecified atom stereocenters. The molecule has 3 aromatic rings. The largest absolute Gasteiger partial charge is 0.345 e. The molecule has 1 spiro atoms. The Kier molecular flexibility index (Phi) is 5.18. The summed E-state index contributed by atoms with van der Waals surface area (Å²) in [4.78, 5) is 44.2. The van der Waals surface area contributed by atoms with E-state index in [1.165, 1.54) is 0 Å². The van der Waals surface area contributed by atoms with Gasteiger partial charge in [-0.15, -0.1) is 0 Å². The summed E-state index contributed by atoms with van der Waals surface area (Å²) < 4.78 is 0. The smallest absolute Gasteiger partial charge is 0.245 e. The third-order valence-electron chi connectivity index (χ3n) is 8.42. The SMILES string of the molecule is CN1CC[C@]2(C1=O)C(=O)N1C[C@H](c3ccccc3)c3ccccc3[C@H]1[C@H]([N+](=O)[O-])[C@H]2c1ccccc1. The van der Waals surface area contributed by atoms with Crippen molar-refractivity contribution < 1.29 is 14.5 Å². The molecule has 0 bridgehead atoms. The second kappa shape index (κ2) is 8.29. The number of carbonyl (C=O) groups excluding carboxylic acids is 2. The van der Waals surface area contributed by atoms with Crippen molar-refractivity contribution in [3.8, 4) is 0 Å². The minimum absolute atomic E-state index is 0.130. The van der Waals surface area contributed by atoms with Crippen LogP contribution in [0.15, 0.2) is 84.9 Å². The van der Waals surface area contributed by atoms with E-state index in [1.807, 2.05) is 84.9 Å². The first-order valence-electron chi connectivity index (χ1n) is 12.3. The van der Waals surface area contributed by atoms with Crippen LogP contribution in [0.25, 0.3) is 0 Å². The lowest BCUT2D eigenvalue weighted by atomic mass is 9.60. The van der Waals surface area contributed by atoms with Crippen molar-refractivity contribution in [2.45, 2.75) is 30.3 Å². The van der Waals surface area contributed by atoms with Crippen LogP contribution < -0.4 is 0 Å². The Morgan fingerprint density at radius 3 is 2.00 bits per heavy atom. The van der Waals surface area contributed by atoms with Gasteiger partial charge in [-0.25, -0.2) is 0 Å². The zero-order valence-corrected chi connectivity index (χ0v) is 20.0. The molecular weight excluding hydrogens is 454 g/mol. The lowest BCUT2D eigenvalue weighted by Gasteiger charge is -2.52. The van der Waals surface area contributed by atoms with Gasteiger partial charge < -0.3 is 9.80 Å². The molecule has 6 rings (SSSR count). The predicted octanol–water partition coefficient (Wildman–Crippen LogP) is 3.99. The molecule has 3 aliphatic heterocycles. The third-order valence-corrected chi connectivity index (χ3v) is 8.42. The second-order valence-electron chi connectivity index (χ2n) is 10.1. The number of hydrogen-bond donors (Lipinski definition) is 0. The van der Waals surface area contributed by atoms with Crippen molar-refractivity contribution in [1.29, 1.82) is 0 Å². The number of carbonyl (C=O) groups is 2. The van der Waals surface area contributed by atoms with Gasteiger partial charge in [-0.3, -0.25) is 19.7 Å². The number of rotatable bonds is 3. The molecule has 3 aromatic carbocycles. The van der Waals surface area contributed by atoms with Crippen LogP contribution in [0, 0.1) is 15.5 Å². The fourth-order valence-corrected chi connectivity index (χ4v) is 6.84. The van der Waals surface area contributed by atoms with E-state index in [2.05, 4.69) is 0 Å². The standard InChI is InChI=1S/C29H27N3O4/c1-30-17-16-29(27(30)33)24(20-12-6-3-7-13-20)26(32(35)36)25-22-15-9-8-14-21(22)23(18-31(25)28(29)34)19-10-4-2-5-11-19/h2-15,23-26H,16-18H2,1H3/t23-,24-,25+,26-,29+/m1/s1. The maximum atomic E-state index is 14.5. The second-order valence-corrected chi connectivity index (χ2v) is 10.1. The van der Waals surface area contributed by atoms with Crippen molar-refractivity contribution in [2.75, 3.05) is 20.1 Å². The molecule has 0 radical (unpaired) electrons. The third kappa shape index (κ3) is 3.05. The number of piperidine rings is 1. The van der Waals surface area contributed by atoms with Crippen LogP contribution in [0.1, 0.15) is 46.6 Å². The summed E-state index contributed by atoms with van der Waals surface area (Å²) in [5, 5.41) is 12.9. The molecule has 3 aliphatic rings. The Bertz CT molecular complexity index is 1340. The van der Waals surface area contributed by atoms with Gasteiger partial charge in [-0.1, -0.05) is 84.9 Å². The maximum Gasteiger partial charge on any atom is 0.245 e. The van der Waals surface area contributed by atoms with E-state index >= 15 is 0 Å². The predicted molar refractivity (Wildman–Crippen MR) is 134 cm³/mol. The number of benzene rings is 3. The Hall–Kier alpha value is -4.00. The molecule has 0 N–H and O–H groups in total. The van der Waals surface area contributed by atoms with Gasteiger partial charge in [0.25, 0.3) is 0 Å². The summed E-state index contributed by atoms with van der Waals surface area (Å²) in [6.07, 6.45) is 0.270. The normalized spacial score (nSPS) is 29.2. The van der Waals surface area contributed by atoms with E-state index in [0.717, 1.165) is 16.7 Å². The molecule has 0 aliphatic carbocycles. The van der Waals surface area contributed by atoms with Gasteiger partial charge in [-0.05, 0) is 28.7 Å². The number of fused-ring (bicyclic) bond motifs is 3. The zero-order valence-electron chi connectivity index (χ0n) is 20.0. The summed E-state index contributed by atoms with van der Waals surface area (Å²) in [7, 11) is 1.68. The molecule has 2 fully saturated rings. The Labute approximate surface area is 209 Å². The topological polar surface area (TPSA) is 83.8 Å². The minimum atomic E-state index is -1.49. The maximum absolute atomic E-state index is 14.5. The summed E-state index contributed by atoms with van der Waals surface area (Å²) in [6.45, 7) is 0.699. The monoisotopic (exact) mass is 481 g/mol. The molecule has 7 heteroatoms. The molecule has 2 amide bonds. The van der Waals surface area contributed by atoms with Gasteiger partial charge in [0.1, 0.15) is 11.5 Å². The number of amides is 2. The van der Waals surface area contributed by atoms with Gasteiger partial charge in [0, 0.05) is 31.0 Å². The summed E-state index contributed by atoms with van der Waals surface area (Å²) in [6, 6.07) is 24.9. The number of nitrogens with zero attached hydrogens (tertiary/aromatic N) is 3. The van der Waals surface area contributed by atoms with E-state index in [-0.39, 0.29) is 29.1 Å². The van der Waals surface area contributed by atoms with E-state index in [4.69, 9.17) is 0 Å². The quantitative estimate of drug-likeness (QED) is 0.322. The van der Waals surface area contributed by atoms with Crippen LogP contribution in [0.2, 0.25) is 0 Å². The number of likely N-dealkylation sites (tertiary alicyclic amines) is 1. The highest BCUT2D eigenvalue weighted by molar-refractivity contribution is 6.08. The first kappa shape index (κ1) is 22.5. The molecule has 0 saturated carbocycles. The average Bonchev–Trinajstić information content (AvgIpc) is 3.20. The molecule has 182 valence electrons. The van der Waals surface area contributed by atoms with Gasteiger partial charge in [-0.2, -0.15) is 0 Å². The van der Waals surface area contributed by atoms with E-state index in [0.29, 0.717) is 18.7 Å². The zero-order chi connectivity index (χ0) is 25.0. The minimum Gasteiger partial charge on any atom is -0.345 e. The summed E-state index contributed by atoms with van der Waals surface area (Å²) in [5.74, 6) is -1.60.